The van der Waals surface area contributed by atoms with E-state index in [1.165, 1.54) is 0 Å². The molecule has 0 amide bonds. The average molecular weight is 302 g/mol. The molecule has 2 fully saturated rings. The summed E-state index contributed by atoms with van der Waals surface area (Å²) in [5.41, 5.74) is -2.11. The molecule has 2 saturated carbocycles. The normalized spacial score (nSPS) is 25.0. The molecule has 0 aromatic heterocycles. The summed E-state index contributed by atoms with van der Waals surface area (Å²) in [6, 6.07) is 4.24. The van der Waals surface area contributed by atoms with Crippen LogP contribution in [0.25, 0.3) is 0 Å². The molecule has 2 rings (SSSR count). The summed E-state index contributed by atoms with van der Waals surface area (Å²) in [7, 11) is 0. The van der Waals surface area contributed by atoms with Crippen molar-refractivity contribution in [3.8, 4) is 12.1 Å². The first-order valence-corrected chi connectivity index (χ1v) is 8.02. The molecule has 0 aromatic rings. The summed E-state index contributed by atoms with van der Waals surface area (Å²) in [4.78, 5) is 0. The van der Waals surface area contributed by atoms with Gasteiger partial charge in [0.2, 0.25) is 12.4 Å². The maximum atomic E-state index is 12.3. The van der Waals surface area contributed by atoms with Gasteiger partial charge >= 0.3 is 0 Å². The number of rotatable bonds is 3. The Kier molecular flexibility index (Phi) is 5.03. The zero-order valence-electron chi connectivity index (χ0n) is 12.8. The third-order valence-electron chi connectivity index (χ3n) is 4.96. The molecule has 0 atom stereocenters. The first kappa shape index (κ1) is 16.3. The largest absolute Gasteiger partial charge is 0.622 e. The minimum absolute atomic E-state index is 0.527. The van der Waals surface area contributed by atoms with Crippen LogP contribution >= 0.6 is 0 Å². The zero-order chi connectivity index (χ0) is 16.1. The van der Waals surface area contributed by atoms with Crippen LogP contribution in [0.3, 0.4) is 0 Å². The molecule has 0 N–H and O–H groups in total. The molecular weight excluding hydrogens is 280 g/mol. The molecule has 22 heavy (non-hydrogen) atoms. The summed E-state index contributed by atoms with van der Waals surface area (Å²) in [5.74, 6) is 0. The van der Waals surface area contributed by atoms with Gasteiger partial charge in [-0.05, 0) is 25.7 Å². The summed E-state index contributed by atoms with van der Waals surface area (Å²) in [5, 5.41) is 43.3. The second kappa shape index (κ2) is 6.79. The van der Waals surface area contributed by atoms with Gasteiger partial charge in [0.25, 0.3) is 11.1 Å². The van der Waals surface area contributed by atoms with Crippen LogP contribution in [0.2, 0.25) is 0 Å². The van der Waals surface area contributed by atoms with Crippen LogP contribution in [-0.4, -0.2) is 33.0 Å². The molecule has 0 bridgehead atoms. The van der Waals surface area contributed by atoms with E-state index < -0.39 is 11.1 Å². The van der Waals surface area contributed by atoms with Crippen LogP contribution in [0, 0.1) is 33.1 Å². The van der Waals surface area contributed by atoms with Crippen molar-refractivity contribution in [2.24, 2.45) is 0 Å². The zero-order valence-corrected chi connectivity index (χ0v) is 12.8. The van der Waals surface area contributed by atoms with Crippen molar-refractivity contribution in [1.82, 2.24) is 0 Å². The van der Waals surface area contributed by atoms with E-state index in [1.807, 2.05) is 0 Å². The van der Waals surface area contributed by atoms with E-state index in [1.54, 1.807) is 0 Å². The monoisotopic (exact) mass is 302 g/mol. The summed E-state index contributed by atoms with van der Waals surface area (Å²) in [6.45, 7) is 0. The molecule has 0 saturated heterocycles. The van der Waals surface area contributed by atoms with Gasteiger partial charge in [-0.1, -0.05) is 12.8 Å². The molecule has 2 aliphatic carbocycles. The van der Waals surface area contributed by atoms with Gasteiger partial charge in [0.05, 0.1) is 0 Å². The van der Waals surface area contributed by atoms with E-state index >= 15 is 0 Å². The first-order chi connectivity index (χ1) is 10.6. The van der Waals surface area contributed by atoms with E-state index in [0.29, 0.717) is 35.2 Å². The number of hydrogen-bond acceptors (Lipinski definition) is 4. The van der Waals surface area contributed by atoms with Crippen molar-refractivity contribution >= 4 is 12.4 Å². The van der Waals surface area contributed by atoms with E-state index in [9.17, 15) is 20.9 Å². The minimum Gasteiger partial charge on any atom is -0.622 e. The Morgan fingerprint density at radius 1 is 0.682 bits per heavy atom. The highest BCUT2D eigenvalue weighted by Gasteiger charge is 2.42. The van der Waals surface area contributed by atoms with Crippen LogP contribution < -0.4 is 0 Å². The lowest BCUT2D eigenvalue weighted by Crippen LogP contribution is -2.43. The van der Waals surface area contributed by atoms with Crippen molar-refractivity contribution in [3.63, 3.8) is 0 Å². The lowest BCUT2D eigenvalue weighted by atomic mass is 9.83. The van der Waals surface area contributed by atoms with Crippen LogP contribution in [0.15, 0.2) is 0 Å². The van der Waals surface area contributed by atoms with Gasteiger partial charge in [0, 0.05) is 25.7 Å². The van der Waals surface area contributed by atoms with Gasteiger partial charge in [0.1, 0.15) is 12.1 Å². The molecule has 0 unspecified atom stereocenters. The van der Waals surface area contributed by atoms with Crippen LogP contribution in [0.5, 0.6) is 0 Å². The van der Waals surface area contributed by atoms with Crippen LogP contribution in [-0.2, 0) is 0 Å². The number of nitrogens with zero attached hydrogens (tertiary/aromatic N) is 4. The van der Waals surface area contributed by atoms with Gasteiger partial charge in [0.15, 0.2) is 0 Å². The Balaban J connectivity index is 2.20. The van der Waals surface area contributed by atoms with Gasteiger partial charge in [-0.2, -0.15) is 20.0 Å². The van der Waals surface area contributed by atoms with E-state index in [0.717, 1.165) is 51.0 Å². The number of hydroxylamine groups is 2. The van der Waals surface area contributed by atoms with E-state index in [-0.39, 0.29) is 0 Å². The fourth-order valence-corrected chi connectivity index (χ4v) is 3.44. The molecule has 6 nitrogen and oxygen atoms in total. The predicted molar refractivity (Wildman–Crippen MR) is 82.2 cm³/mol. The Bertz CT molecular complexity index is 491. The van der Waals surface area contributed by atoms with Gasteiger partial charge in [-0.3, -0.25) is 0 Å². The molecule has 6 heteroatoms. The van der Waals surface area contributed by atoms with Crippen molar-refractivity contribution < 1.29 is 9.48 Å². The quantitative estimate of drug-likeness (QED) is 0.346. The Morgan fingerprint density at radius 3 is 1.27 bits per heavy atom. The molecule has 0 spiro atoms. The standard InChI is InChI=1S/C16H22N4O2/c17-13-15(7-3-1-4-8-15)19(21)11-12-20(22)16(14-18)9-5-2-6-10-16/h11-12H,1-10H2/b19-11-,20-12-. The predicted octanol–water partition coefficient (Wildman–Crippen LogP) is 2.60. The Labute approximate surface area is 131 Å². The third kappa shape index (κ3) is 3.06. The van der Waals surface area contributed by atoms with Gasteiger partial charge < -0.3 is 10.4 Å². The highest BCUT2D eigenvalue weighted by atomic mass is 16.5. The Morgan fingerprint density at radius 2 is 1.00 bits per heavy atom. The maximum Gasteiger partial charge on any atom is 0.257 e. The van der Waals surface area contributed by atoms with Crippen LogP contribution in [0.4, 0.5) is 0 Å². The molecular formula is C16H22N4O2. The first-order valence-electron chi connectivity index (χ1n) is 8.02. The summed E-state index contributed by atoms with van der Waals surface area (Å²) < 4.78 is 1.23. The van der Waals surface area contributed by atoms with Crippen molar-refractivity contribution in [2.75, 3.05) is 0 Å². The Hall–Kier alpha value is -2.08. The highest BCUT2D eigenvalue weighted by molar-refractivity contribution is 6.11. The second-order valence-corrected chi connectivity index (χ2v) is 6.36. The summed E-state index contributed by atoms with van der Waals surface area (Å²) in [6.07, 6.45) is 9.85. The molecule has 0 radical (unpaired) electrons. The minimum atomic E-state index is -1.05. The highest BCUT2D eigenvalue weighted by Crippen LogP contribution is 2.31. The molecule has 0 aromatic carbocycles. The van der Waals surface area contributed by atoms with E-state index in [2.05, 4.69) is 12.1 Å². The summed E-state index contributed by atoms with van der Waals surface area (Å²) >= 11 is 0. The molecule has 2 aliphatic rings. The number of nitriles is 2. The third-order valence-corrected chi connectivity index (χ3v) is 4.96. The topological polar surface area (TPSA) is 99.7 Å². The van der Waals surface area contributed by atoms with Crippen molar-refractivity contribution in [3.05, 3.63) is 10.4 Å². The fraction of sp³-hybridized carbons (Fsp3) is 0.750. The SMILES string of the molecule is N#CC1(/[N+]([O-])=C/C=[N+](\[O-])C2(C#N)CCCCC2)CCCCC1. The van der Waals surface area contributed by atoms with Crippen LogP contribution in [0.1, 0.15) is 64.2 Å². The molecule has 118 valence electrons. The maximum absolute atomic E-state index is 12.3. The lowest BCUT2D eigenvalue weighted by Gasteiger charge is -2.29. The van der Waals surface area contributed by atoms with Gasteiger partial charge in [-0.25, -0.2) is 0 Å². The van der Waals surface area contributed by atoms with Crippen molar-refractivity contribution in [1.29, 1.82) is 10.5 Å². The number of hydrogen-bond donors (Lipinski definition) is 0. The molecule has 0 aliphatic heterocycles. The fourth-order valence-electron chi connectivity index (χ4n) is 3.44. The van der Waals surface area contributed by atoms with Crippen molar-refractivity contribution in [2.45, 2.75) is 75.3 Å². The second-order valence-electron chi connectivity index (χ2n) is 6.36. The van der Waals surface area contributed by atoms with Gasteiger partial charge in [-0.15, -0.1) is 0 Å². The average Bonchev–Trinajstić information content (AvgIpc) is 2.60. The molecule has 0 heterocycles. The lowest BCUT2D eigenvalue weighted by molar-refractivity contribution is -0.543. The smallest absolute Gasteiger partial charge is 0.257 e. The van der Waals surface area contributed by atoms with E-state index in [4.69, 9.17) is 0 Å².